The molecule has 7 nitrogen and oxygen atoms in total. The molecular weight excluding hydrogens is 324 g/mol. The Labute approximate surface area is 131 Å². The number of carbonyl (C=O) groups is 3. The van der Waals surface area contributed by atoms with Crippen LogP contribution < -0.4 is 21.7 Å². The molecule has 4 N–H and O–H groups in total. The van der Waals surface area contributed by atoms with Crippen LogP contribution in [0.1, 0.15) is 19.8 Å². The molecule has 0 aliphatic rings. The summed E-state index contributed by atoms with van der Waals surface area (Å²) in [5, 5.41) is -0.691. The maximum absolute atomic E-state index is 11.3. The third kappa shape index (κ3) is 11.2. The van der Waals surface area contributed by atoms with Crippen LogP contribution in [0.2, 0.25) is 0 Å². The molecule has 1 atom stereocenters. The van der Waals surface area contributed by atoms with Crippen LogP contribution in [-0.4, -0.2) is 41.7 Å². The van der Waals surface area contributed by atoms with Crippen LogP contribution in [0, 0.1) is 0 Å². The molecule has 0 saturated heterocycles. The summed E-state index contributed by atoms with van der Waals surface area (Å²) < 4.78 is 0. The molecule has 0 saturated carbocycles. The summed E-state index contributed by atoms with van der Waals surface area (Å²) in [7, 11) is 4.64. The molecule has 0 fully saturated rings. The SMILES string of the molecule is CNNC(=O)CCSSCCC(=O)NNC(=O)C(C)Cl. The van der Waals surface area contributed by atoms with Gasteiger partial charge in [0.15, 0.2) is 0 Å². The van der Waals surface area contributed by atoms with E-state index < -0.39 is 11.3 Å². The highest BCUT2D eigenvalue weighted by Crippen LogP contribution is 2.22. The van der Waals surface area contributed by atoms with E-state index in [2.05, 4.69) is 21.7 Å². The van der Waals surface area contributed by atoms with Gasteiger partial charge in [0.05, 0.1) is 0 Å². The molecule has 1 unspecified atom stereocenters. The predicted octanol–water partition coefficient (Wildman–Crippen LogP) is 0.173. The number of nitrogens with one attached hydrogen (secondary N) is 4. The van der Waals surface area contributed by atoms with E-state index in [-0.39, 0.29) is 18.2 Å². The van der Waals surface area contributed by atoms with Gasteiger partial charge in [-0.05, 0) is 6.92 Å². The molecule has 0 aromatic carbocycles. The minimum atomic E-state index is -0.691. The van der Waals surface area contributed by atoms with E-state index in [4.69, 9.17) is 11.6 Å². The smallest absolute Gasteiger partial charge is 0.256 e. The number of amides is 3. The average molecular weight is 343 g/mol. The lowest BCUT2D eigenvalue weighted by Gasteiger charge is -2.08. The molecule has 10 heteroatoms. The van der Waals surface area contributed by atoms with Crippen molar-refractivity contribution in [3.8, 4) is 0 Å². The van der Waals surface area contributed by atoms with Gasteiger partial charge in [0, 0.05) is 31.4 Å². The Balaban J connectivity index is 3.44. The van der Waals surface area contributed by atoms with Gasteiger partial charge in [-0.3, -0.25) is 30.7 Å². The first kappa shape index (κ1) is 19.4. The third-order valence-corrected chi connectivity index (χ3v) is 4.47. The number of hydrogen-bond acceptors (Lipinski definition) is 6. The van der Waals surface area contributed by atoms with Gasteiger partial charge in [-0.25, -0.2) is 5.43 Å². The van der Waals surface area contributed by atoms with Gasteiger partial charge in [0.1, 0.15) is 5.38 Å². The molecule has 0 heterocycles. The molecule has 0 aromatic rings. The topological polar surface area (TPSA) is 99.3 Å². The van der Waals surface area contributed by atoms with Crippen molar-refractivity contribution in [3.63, 3.8) is 0 Å². The quantitative estimate of drug-likeness (QED) is 0.206. The Morgan fingerprint density at radius 2 is 1.50 bits per heavy atom. The zero-order chi connectivity index (χ0) is 15.4. The van der Waals surface area contributed by atoms with Crippen molar-refractivity contribution in [3.05, 3.63) is 0 Å². The lowest BCUT2D eigenvalue weighted by molar-refractivity contribution is -0.128. The summed E-state index contributed by atoms with van der Waals surface area (Å²) in [6.45, 7) is 1.51. The molecule has 3 amide bonds. The van der Waals surface area contributed by atoms with Gasteiger partial charge in [-0.15, -0.1) is 11.6 Å². The lowest BCUT2D eigenvalue weighted by Crippen LogP contribution is -2.44. The Morgan fingerprint density at radius 3 is 1.95 bits per heavy atom. The number of alkyl halides is 1. The van der Waals surface area contributed by atoms with Gasteiger partial charge in [0.25, 0.3) is 5.91 Å². The minimum absolute atomic E-state index is 0.0729. The second-order valence-corrected chi connectivity index (χ2v) is 6.95. The Morgan fingerprint density at radius 1 is 1.00 bits per heavy atom. The Bertz CT molecular complexity index is 332. The summed E-state index contributed by atoms with van der Waals surface area (Å²) in [4.78, 5) is 33.5. The van der Waals surface area contributed by atoms with E-state index in [9.17, 15) is 14.4 Å². The van der Waals surface area contributed by atoms with Gasteiger partial charge in [-0.1, -0.05) is 21.6 Å². The summed E-state index contributed by atoms with van der Waals surface area (Å²) in [5.74, 6) is 0.460. The van der Waals surface area contributed by atoms with E-state index in [1.807, 2.05) is 0 Å². The first-order chi connectivity index (χ1) is 9.47. The highest BCUT2D eigenvalue weighted by molar-refractivity contribution is 8.76. The third-order valence-electron chi connectivity index (χ3n) is 1.86. The summed E-state index contributed by atoms with van der Waals surface area (Å²) in [6, 6.07) is 0. The van der Waals surface area contributed by atoms with Crippen molar-refractivity contribution in [2.45, 2.75) is 25.1 Å². The molecule has 116 valence electrons. The minimum Gasteiger partial charge on any atom is -0.292 e. The van der Waals surface area contributed by atoms with Crippen LogP contribution in [0.15, 0.2) is 0 Å². The van der Waals surface area contributed by atoms with Crippen LogP contribution >= 0.6 is 33.2 Å². The maximum Gasteiger partial charge on any atom is 0.256 e. The second kappa shape index (κ2) is 12.1. The normalized spacial score (nSPS) is 11.6. The summed E-state index contributed by atoms with van der Waals surface area (Å²) >= 11 is 5.51. The van der Waals surface area contributed by atoms with Crippen LogP contribution in [0.5, 0.6) is 0 Å². The zero-order valence-electron chi connectivity index (χ0n) is 11.3. The second-order valence-electron chi connectivity index (χ2n) is 3.60. The fourth-order valence-electron chi connectivity index (χ4n) is 0.882. The van der Waals surface area contributed by atoms with E-state index in [1.54, 1.807) is 7.05 Å². The average Bonchev–Trinajstić information content (AvgIpc) is 2.40. The lowest BCUT2D eigenvalue weighted by atomic mass is 10.4. The number of rotatable bonds is 9. The van der Waals surface area contributed by atoms with Crippen molar-refractivity contribution >= 4 is 50.9 Å². The van der Waals surface area contributed by atoms with Crippen molar-refractivity contribution in [2.75, 3.05) is 18.6 Å². The maximum atomic E-state index is 11.3. The van der Waals surface area contributed by atoms with Crippen LogP contribution in [0.3, 0.4) is 0 Å². The predicted molar refractivity (Wildman–Crippen MR) is 83.0 cm³/mol. The van der Waals surface area contributed by atoms with Crippen molar-refractivity contribution < 1.29 is 14.4 Å². The van der Waals surface area contributed by atoms with Gasteiger partial charge < -0.3 is 0 Å². The largest absolute Gasteiger partial charge is 0.292 e. The van der Waals surface area contributed by atoms with Gasteiger partial charge in [-0.2, -0.15) is 0 Å². The molecule has 0 aliphatic heterocycles. The molecule has 20 heavy (non-hydrogen) atoms. The highest BCUT2D eigenvalue weighted by Gasteiger charge is 2.09. The Kier molecular flexibility index (Phi) is 11.7. The molecule has 0 aliphatic carbocycles. The number of hydrogen-bond donors (Lipinski definition) is 4. The van der Waals surface area contributed by atoms with E-state index in [0.717, 1.165) is 0 Å². The van der Waals surface area contributed by atoms with Crippen molar-refractivity contribution in [2.24, 2.45) is 0 Å². The summed E-state index contributed by atoms with van der Waals surface area (Å²) in [5.41, 5.74) is 9.51. The molecule has 0 radical (unpaired) electrons. The van der Waals surface area contributed by atoms with Crippen LogP contribution in [-0.2, 0) is 14.4 Å². The molecule has 0 spiro atoms. The number of hydrazine groups is 2. The van der Waals surface area contributed by atoms with E-state index in [0.29, 0.717) is 17.9 Å². The van der Waals surface area contributed by atoms with E-state index >= 15 is 0 Å². The molecule has 0 aromatic heterocycles. The summed E-state index contributed by atoms with van der Waals surface area (Å²) in [6.07, 6.45) is 0.686. The van der Waals surface area contributed by atoms with Crippen molar-refractivity contribution in [1.82, 2.24) is 21.7 Å². The standard InChI is InChI=1S/C10H19ClN4O3S2/c1-7(11)10(18)15-14-9(17)4-6-20-19-5-3-8(16)13-12-2/h7,12H,3-6H2,1-2H3,(H,13,16)(H,14,17)(H,15,18). The molecule has 0 bridgehead atoms. The van der Waals surface area contributed by atoms with Crippen LogP contribution in [0.4, 0.5) is 0 Å². The fourth-order valence-corrected chi connectivity index (χ4v) is 2.92. The number of carbonyl (C=O) groups excluding carboxylic acids is 3. The van der Waals surface area contributed by atoms with Crippen LogP contribution in [0.25, 0.3) is 0 Å². The Hall–Kier alpha value is -0.640. The van der Waals surface area contributed by atoms with E-state index in [1.165, 1.54) is 28.5 Å². The highest BCUT2D eigenvalue weighted by atomic mass is 35.5. The van der Waals surface area contributed by atoms with Gasteiger partial charge in [0.2, 0.25) is 11.8 Å². The zero-order valence-corrected chi connectivity index (χ0v) is 13.7. The first-order valence-electron chi connectivity index (χ1n) is 5.90. The molecular formula is C10H19ClN4O3S2. The van der Waals surface area contributed by atoms with Gasteiger partial charge >= 0.3 is 0 Å². The van der Waals surface area contributed by atoms with Crippen molar-refractivity contribution in [1.29, 1.82) is 0 Å². The number of halogens is 1. The monoisotopic (exact) mass is 342 g/mol. The fraction of sp³-hybridized carbons (Fsp3) is 0.700. The first-order valence-corrected chi connectivity index (χ1v) is 8.82. The molecule has 0 rings (SSSR count).